The Morgan fingerprint density at radius 1 is 1.15 bits per heavy atom. The van der Waals surface area contributed by atoms with Crippen LogP contribution in [0.4, 0.5) is 5.69 Å². The number of thiophene rings is 1. The van der Waals surface area contributed by atoms with Crippen molar-refractivity contribution in [1.82, 2.24) is 0 Å². The molecule has 0 radical (unpaired) electrons. The fourth-order valence-corrected chi connectivity index (χ4v) is 4.29. The van der Waals surface area contributed by atoms with E-state index in [0.717, 1.165) is 5.69 Å². The van der Waals surface area contributed by atoms with Crippen molar-refractivity contribution in [3.63, 3.8) is 0 Å². The largest absolute Gasteiger partial charge is 0.376 e. The Hall–Kier alpha value is -0.700. The highest BCUT2D eigenvalue weighted by Crippen LogP contribution is 2.40. The normalized spacial score (nSPS) is 17.3. The maximum absolute atomic E-state index is 6.30. The zero-order chi connectivity index (χ0) is 13.9. The number of rotatable bonds is 4. The van der Waals surface area contributed by atoms with Gasteiger partial charge in [0, 0.05) is 9.90 Å². The van der Waals surface area contributed by atoms with Crippen LogP contribution in [0, 0.1) is 5.92 Å². The molecule has 3 rings (SSSR count). The lowest BCUT2D eigenvalue weighted by molar-refractivity contribution is 0.475. The molecule has 1 N–H and O–H groups in total. The molecular formula is C16H17Cl2NS. The summed E-state index contributed by atoms with van der Waals surface area (Å²) in [7, 11) is 0. The smallest absolute Gasteiger partial charge is 0.0652 e. The van der Waals surface area contributed by atoms with E-state index in [1.54, 1.807) is 6.07 Å². The summed E-state index contributed by atoms with van der Waals surface area (Å²) in [6, 6.07) is 10.3. The summed E-state index contributed by atoms with van der Waals surface area (Å²) in [5, 5.41) is 7.15. The molecule has 1 fully saturated rings. The highest BCUT2D eigenvalue weighted by molar-refractivity contribution is 7.10. The average molecular weight is 326 g/mol. The molecular weight excluding hydrogens is 309 g/mol. The molecule has 0 bridgehead atoms. The van der Waals surface area contributed by atoms with Gasteiger partial charge in [0.25, 0.3) is 0 Å². The van der Waals surface area contributed by atoms with Crippen molar-refractivity contribution in [2.24, 2.45) is 5.92 Å². The van der Waals surface area contributed by atoms with Gasteiger partial charge in [-0.3, -0.25) is 0 Å². The third kappa shape index (κ3) is 3.13. The topological polar surface area (TPSA) is 12.0 Å². The third-order valence-corrected chi connectivity index (χ3v) is 5.47. The number of hydrogen-bond acceptors (Lipinski definition) is 2. The zero-order valence-corrected chi connectivity index (χ0v) is 13.4. The Morgan fingerprint density at radius 3 is 2.60 bits per heavy atom. The average Bonchev–Trinajstić information content (AvgIpc) is 3.11. The molecule has 1 unspecified atom stereocenters. The second-order valence-corrected chi connectivity index (χ2v) is 7.13. The minimum Gasteiger partial charge on any atom is -0.376 e. The monoisotopic (exact) mass is 325 g/mol. The van der Waals surface area contributed by atoms with Crippen molar-refractivity contribution >= 4 is 40.2 Å². The predicted molar refractivity (Wildman–Crippen MR) is 89.1 cm³/mol. The molecule has 1 aromatic heterocycles. The maximum atomic E-state index is 6.30. The number of nitrogens with one attached hydrogen (secondary N) is 1. The highest BCUT2D eigenvalue weighted by Gasteiger charge is 2.27. The van der Waals surface area contributed by atoms with Gasteiger partial charge in [-0.2, -0.15) is 0 Å². The molecule has 106 valence electrons. The number of halogens is 2. The van der Waals surface area contributed by atoms with E-state index >= 15 is 0 Å². The molecule has 0 aliphatic heterocycles. The van der Waals surface area contributed by atoms with Crippen LogP contribution in [-0.2, 0) is 0 Å². The van der Waals surface area contributed by atoms with Gasteiger partial charge >= 0.3 is 0 Å². The van der Waals surface area contributed by atoms with Crippen molar-refractivity contribution in [2.75, 3.05) is 5.32 Å². The van der Waals surface area contributed by atoms with Gasteiger partial charge in [0.1, 0.15) is 0 Å². The van der Waals surface area contributed by atoms with Gasteiger partial charge in [0.05, 0.1) is 16.8 Å². The van der Waals surface area contributed by atoms with Gasteiger partial charge in [0.2, 0.25) is 0 Å². The van der Waals surface area contributed by atoms with Crippen LogP contribution in [0.5, 0.6) is 0 Å². The van der Waals surface area contributed by atoms with Crippen LogP contribution in [0.3, 0.4) is 0 Å². The molecule has 0 amide bonds. The summed E-state index contributed by atoms with van der Waals surface area (Å²) in [5.74, 6) is 0.695. The number of benzene rings is 1. The van der Waals surface area contributed by atoms with Crippen LogP contribution in [0.2, 0.25) is 10.0 Å². The minimum atomic E-state index is 0.358. The summed E-state index contributed by atoms with van der Waals surface area (Å²) in [6.07, 6.45) is 5.26. The van der Waals surface area contributed by atoms with Gasteiger partial charge in [-0.1, -0.05) is 42.1 Å². The van der Waals surface area contributed by atoms with E-state index in [0.29, 0.717) is 22.0 Å². The van der Waals surface area contributed by atoms with E-state index in [4.69, 9.17) is 23.2 Å². The minimum absolute atomic E-state index is 0.358. The standard InChI is InChI=1S/C16H17Cl2NS/c17-12-7-8-14(13(18)10-12)19-16(11-4-1-2-5-11)15-6-3-9-20-15/h3,6-11,16,19H,1-2,4-5H2. The van der Waals surface area contributed by atoms with Crippen molar-refractivity contribution in [2.45, 2.75) is 31.7 Å². The van der Waals surface area contributed by atoms with Crippen LogP contribution in [0.1, 0.15) is 36.6 Å². The van der Waals surface area contributed by atoms with Gasteiger partial charge < -0.3 is 5.32 Å². The molecule has 1 heterocycles. The molecule has 1 aliphatic rings. The molecule has 1 atom stereocenters. The van der Waals surface area contributed by atoms with E-state index in [-0.39, 0.29) is 0 Å². The van der Waals surface area contributed by atoms with E-state index < -0.39 is 0 Å². The maximum Gasteiger partial charge on any atom is 0.0652 e. The van der Waals surface area contributed by atoms with Crippen molar-refractivity contribution in [1.29, 1.82) is 0 Å². The summed E-state index contributed by atoms with van der Waals surface area (Å²) < 4.78 is 0. The zero-order valence-electron chi connectivity index (χ0n) is 11.1. The van der Waals surface area contributed by atoms with Crippen molar-refractivity contribution < 1.29 is 0 Å². The molecule has 1 nitrogen and oxygen atoms in total. The van der Waals surface area contributed by atoms with E-state index in [9.17, 15) is 0 Å². The van der Waals surface area contributed by atoms with E-state index in [2.05, 4.69) is 22.8 Å². The first-order valence-corrected chi connectivity index (χ1v) is 8.62. The highest BCUT2D eigenvalue weighted by atomic mass is 35.5. The molecule has 2 aromatic rings. The summed E-state index contributed by atoms with van der Waals surface area (Å²) in [4.78, 5) is 1.39. The fraction of sp³-hybridized carbons (Fsp3) is 0.375. The molecule has 20 heavy (non-hydrogen) atoms. The molecule has 1 saturated carbocycles. The first-order chi connectivity index (χ1) is 9.74. The summed E-state index contributed by atoms with van der Waals surface area (Å²) in [5.41, 5.74) is 0.973. The molecule has 0 spiro atoms. The first-order valence-electron chi connectivity index (χ1n) is 6.99. The van der Waals surface area contributed by atoms with Crippen LogP contribution in [-0.4, -0.2) is 0 Å². The SMILES string of the molecule is Clc1ccc(NC(c2cccs2)C2CCCC2)c(Cl)c1. The second-order valence-electron chi connectivity index (χ2n) is 5.31. The summed E-state index contributed by atoms with van der Waals surface area (Å²) in [6.45, 7) is 0. The van der Waals surface area contributed by atoms with Crippen LogP contribution >= 0.6 is 34.5 Å². The fourth-order valence-electron chi connectivity index (χ4n) is 2.95. The summed E-state index contributed by atoms with van der Waals surface area (Å²) >= 11 is 14.1. The lowest BCUT2D eigenvalue weighted by Gasteiger charge is -2.25. The Labute approximate surface area is 133 Å². The number of anilines is 1. The molecule has 1 aromatic carbocycles. The predicted octanol–water partition coefficient (Wildman–Crippen LogP) is 6.40. The van der Waals surface area contributed by atoms with Gasteiger partial charge in [-0.25, -0.2) is 0 Å². The van der Waals surface area contributed by atoms with E-state index in [1.165, 1.54) is 30.6 Å². The van der Waals surface area contributed by atoms with Gasteiger partial charge in [-0.05, 0) is 48.4 Å². The van der Waals surface area contributed by atoms with Crippen LogP contribution < -0.4 is 5.32 Å². The Morgan fingerprint density at radius 2 is 1.95 bits per heavy atom. The lowest BCUT2D eigenvalue weighted by Crippen LogP contribution is -2.18. The van der Waals surface area contributed by atoms with Crippen LogP contribution in [0.15, 0.2) is 35.7 Å². The molecule has 0 saturated heterocycles. The number of hydrogen-bond donors (Lipinski definition) is 1. The van der Waals surface area contributed by atoms with Crippen molar-refractivity contribution in [3.8, 4) is 0 Å². The quantitative estimate of drug-likeness (QED) is 0.685. The lowest BCUT2D eigenvalue weighted by atomic mass is 9.96. The molecule has 4 heteroatoms. The van der Waals surface area contributed by atoms with Crippen molar-refractivity contribution in [3.05, 3.63) is 50.6 Å². The Kier molecular flexibility index (Phi) is 4.54. The van der Waals surface area contributed by atoms with Gasteiger partial charge in [-0.15, -0.1) is 11.3 Å². The molecule has 1 aliphatic carbocycles. The third-order valence-electron chi connectivity index (χ3n) is 3.96. The van der Waals surface area contributed by atoms with Crippen LogP contribution in [0.25, 0.3) is 0 Å². The Bertz CT molecular complexity index is 562. The van der Waals surface area contributed by atoms with E-state index in [1.807, 2.05) is 23.5 Å². The second kappa shape index (κ2) is 6.38. The Balaban J connectivity index is 1.86. The van der Waals surface area contributed by atoms with Gasteiger partial charge in [0.15, 0.2) is 0 Å². The first kappa shape index (κ1) is 14.2.